The van der Waals surface area contributed by atoms with Crippen LogP contribution in [0.4, 0.5) is 5.69 Å². The summed E-state index contributed by atoms with van der Waals surface area (Å²) in [5, 5.41) is 14.0. The second-order valence-electron chi connectivity index (χ2n) is 3.27. The summed E-state index contributed by atoms with van der Waals surface area (Å²) < 4.78 is 10.3. The van der Waals surface area contributed by atoms with Gasteiger partial charge in [0.05, 0.1) is 12.0 Å². The van der Waals surface area contributed by atoms with Crippen LogP contribution >= 0.6 is 0 Å². The van der Waals surface area contributed by atoms with E-state index in [-0.39, 0.29) is 17.2 Å². The Hall–Kier alpha value is -1.82. The van der Waals surface area contributed by atoms with Crippen LogP contribution < -0.4 is 14.8 Å². The average molecular weight is 240 g/mol. The van der Waals surface area contributed by atoms with E-state index in [1.807, 2.05) is 6.92 Å². The first kappa shape index (κ1) is 13.2. The molecule has 0 unspecified atom stereocenters. The Morgan fingerprint density at radius 1 is 1.41 bits per heavy atom. The summed E-state index contributed by atoms with van der Waals surface area (Å²) in [6.45, 7) is 3.84. The molecule has 1 aromatic carbocycles. The first-order valence-electron chi connectivity index (χ1n) is 5.35. The Morgan fingerprint density at radius 3 is 2.71 bits per heavy atom. The summed E-state index contributed by atoms with van der Waals surface area (Å²) in [5.74, 6) is 0.434. The van der Waals surface area contributed by atoms with E-state index in [1.165, 1.54) is 13.2 Å². The highest BCUT2D eigenvalue weighted by molar-refractivity contribution is 5.57. The lowest BCUT2D eigenvalue weighted by Crippen LogP contribution is -2.20. The van der Waals surface area contributed by atoms with Gasteiger partial charge in [0.2, 0.25) is 11.5 Å². The zero-order chi connectivity index (χ0) is 12.7. The van der Waals surface area contributed by atoms with Crippen molar-refractivity contribution >= 4 is 5.69 Å². The number of ether oxygens (including phenoxy) is 2. The number of hydrogen-bond acceptors (Lipinski definition) is 5. The van der Waals surface area contributed by atoms with Crippen LogP contribution in [0.2, 0.25) is 0 Å². The molecule has 0 atom stereocenters. The van der Waals surface area contributed by atoms with E-state index in [2.05, 4.69) is 5.32 Å². The minimum Gasteiger partial charge on any atom is -0.490 e. The predicted molar refractivity (Wildman–Crippen MR) is 63.7 cm³/mol. The van der Waals surface area contributed by atoms with E-state index in [1.54, 1.807) is 12.1 Å². The van der Waals surface area contributed by atoms with Crippen LogP contribution in [0.5, 0.6) is 11.5 Å². The van der Waals surface area contributed by atoms with Gasteiger partial charge in [0.1, 0.15) is 6.61 Å². The molecule has 0 radical (unpaired) electrons. The molecule has 17 heavy (non-hydrogen) atoms. The number of likely N-dealkylation sites (N-methyl/N-ethyl adjacent to an activating group) is 1. The Balaban J connectivity index is 2.79. The predicted octanol–water partition coefficient (Wildman–Crippen LogP) is 1.59. The van der Waals surface area contributed by atoms with Gasteiger partial charge in [0.15, 0.2) is 0 Å². The number of hydrogen-bond donors (Lipinski definition) is 1. The summed E-state index contributed by atoms with van der Waals surface area (Å²) >= 11 is 0. The molecule has 0 aromatic heterocycles. The maximum absolute atomic E-state index is 10.9. The second-order valence-corrected chi connectivity index (χ2v) is 3.27. The first-order chi connectivity index (χ1) is 8.20. The van der Waals surface area contributed by atoms with Crippen molar-refractivity contribution in [3.8, 4) is 11.5 Å². The molecule has 0 bridgehead atoms. The summed E-state index contributed by atoms with van der Waals surface area (Å²) in [7, 11) is 1.39. The fraction of sp³-hybridized carbons (Fsp3) is 0.455. The van der Waals surface area contributed by atoms with Crippen LogP contribution in [0.3, 0.4) is 0 Å². The van der Waals surface area contributed by atoms with Crippen molar-refractivity contribution < 1.29 is 14.4 Å². The van der Waals surface area contributed by atoms with Gasteiger partial charge in [-0.25, -0.2) is 0 Å². The summed E-state index contributed by atoms with van der Waals surface area (Å²) in [5.41, 5.74) is -0.133. The van der Waals surface area contributed by atoms with Gasteiger partial charge in [-0.15, -0.1) is 0 Å². The van der Waals surface area contributed by atoms with Crippen molar-refractivity contribution in [1.82, 2.24) is 5.32 Å². The second kappa shape index (κ2) is 6.70. The molecule has 0 saturated heterocycles. The molecule has 0 spiro atoms. The molecule has 0 aliphatic carbocycles. The Bertz CT molecular complexity index is 382. The van der Waals surface area contributed by atoms with Crippen molar-refractivity contribution in [1.29, 1.82) is 0 Å². The van der Waals surface area contributed by atoms with Gasteiger partial charge in [-0.2, -0.15) is 0 Å². The molecular weight excluding hydrogens is 224 g/mol. The lowest BCUT2D eigenvalue weighted by atomic mass is 10.2. The molecule has 0 amide bonds. The van der Waals surface area contributed by atoms with Gasteiger partial charge < -0.3 is 14.8 Å². The van der Waals surface area contributed by atoms with E-state index in [4.69, 9.17) is 9.47 Å². The maximum atomic E-state index is 10.9. The highest BCUT2D eigenvalue weighted by atomic mass is 16.6. The third-order valence-corrected chi connectivity index (χ3v) is 2.15. The van der Waals surface area contributed by atoms with Crippen molar-refractivity contribution in [3.05, 3.63) is 28.3 Å². The Labute approximate surface area is 99.7 Å². The van der Waals surface area contributed by atoms with Crippen molar-refractivity contribution in [3.63, 3.8) is 0 Å². The van der Waals surface area contributed by atoms with Gasteiger partial charge in [-0.1, -0.05) is 13.0 Å². The van der Waals surface area contributed by atoms with Crippen LogP contribution in [0.15, 0.2) is 18.2 Å². The molecule has 6 heteroatoms. The summed E-state index contributed by atoms with van der Waals surface area (Å²) in [6, 6.07) is 4.76. The van der Waals surface area contributed by atoms with E-state index in [9.17, 15) is 10.1 Å². The lowest BCUT2D eigenvalue weighted by Gasteiger charge is -2.09. The molecule has 0 fully saturated rings. The van der Waals surface area contributed by atoms with Crippen molar-refractivity contribution in [2.24, 2.45) is 0 Å². The highest BCUT2D eigenvalue weighted by Crippen LogP contribution is 2.36. The standard InChI is InChI=1S/C11H16N2O4/c1-3-12-7-8-17-10-6-4-5-9(16-2)11(10)13(14)15/h4-6,12H,3,7-8H2,1-2H3. The number of rotatable bonds is 7. The van der Waals surface area contributed by atoms with Gasteiger partial charge in [0.25, 0.3) is 0 Å². The molecule has 0 aliphatic rings. The van der Waals surface area contributed by atoms with Crippen LogP contribution in [-0.2, 0) is 0 Å². The van der Waals surface area contributed by atoms with E-state index in [0.717, 1.165) is 6.54 Å². The lowest BCUT2D eigenvalue weighted by molar-refractivity contribution is -0.386. The Morgan fingerprint density at radius 2 is 2.12 bits per heavy atom. The van der Waals surface area contributed by atoms with Crippen molar-refractivity contribution in [2.75, 3.05) is 26.8 Å². The normalized spacial score (nSPS) is 10.0. The van der Waals surface area contributed by atoms with Crippen LogP contribution in [0.25, 0.3) is 0 Å². The van der Waals surface area contributed by atoms with Crippen LogP contribution in [0.1, 0.15) is 6.92 Å². The number of methoxy groups -OCH3 is 1. The van der Waals surface area contributed by atoms with E-state index >= 15 is 0 Å². The maximum Gasteiger partial charge on any atom is 0.352 e. The van der Waals surface area contributed by atoms with Crippen LogP contribution in [0, 0.1) is 10.1 Å². The number of nitrogens with zero attached hydrogens (tertiary/aromatic N) is 1. The highest BCUT2D eigenvalue weighted by Gasteiger charge is 2.21. The SMILES string of the molecule is CCNCCOc1cccc(OC)c1[N+](=O)[O-]. The zero-order valence-corrected chi connectivity index (χ0v) is 9.93. The summed E-state index contributed by atoms with van der Waals surface area (Å²) in [6.07, 6.45) is 0. The van der Waals surface area contributed by atoms with Gasteiger partial charge in [-0.05, 0) is 18.7 Å². The number of benzene rings is 1. The number of para-hydroxylation sites is 1. The number of nitro groups is 1. The molecule has 1 N–H and O–H groups in total. The first-order valence-corrected chi connectivity index (χ1v) is 5.35. The molecule has 0 aliphatic heterocycles. The third-order valence-electron chi connectivity index (χ3n) is 2.15. The molecule has 6 nitrogen and oxygen atoms in total. The largest absolute Gasteiger partial charge is 0.490 e. The zero-order valence-electron chi connectivity index (χ0n) is 9.93. The minimum absolute atomic E-state index is 0.133. The van der Waals surface area contributed by atoms with E-state index < -0.39 is 4.92 Å². The van der Waals surface area contributed by atoms with Crippen LogP contribution in [-0.4, -0.2) is 31.7 Å². The number of nitro benzene ring substituents is 1. The quantitative estimate of drug-likeness (QED) is 0.445. The van der Waals surface area contributed by atoms with Gasteiger partial charge in [-0.3, -0.25) is 10.1 Å². The molecule has 0 heterocycles. The van der Waals surface area contributed by atoms with E-state index in [0.29, 0.717) is 13.2 Å². The van der Waals surface area contributed by atoms with Gasteiger partial charge >= 0.3 is 5.69 Å². The smallest absolute Gasteiger partial charge is 0.352 e. The third kappa shape index (κ3) is 3.60. The molecular formula is C11H16N2O4. The monoisotopic (exact) mass is 240 g/mol. The molecule has 1 aromatic rings. The van der Waals surface area contributed by atoms with Crippen molar-refractivity contribution in [2.45, 2.75) is 6.92 Å². The average Bonchev–Trinajstić information content (AvgIpc) is 2.33. The number of nitrogens with one attached hydrogen (secondary N) is 1. The fourth-order valence-corrected chi connectivity index (χ4v) is 1.37. The topological polar surface area (TPSA) is 73.6 Å². The van der Waals surface area contributed by atoms with Gasteiger partial charge in [0, 0.05) is 6.54 Å². The Kier molecular flexibility index (Phi) is 5.22. The molecule has 0 saturated carbocycles. The molecule has 1 rings (SSSR count). The fourth-order valence-electron chi connectivity index (χ4n) is 1.37. The summed E-state index contributed by atoms with van der Waals surface area (Å²) in [4.78, 5) is 10.4. The molecule has 94 valence electrons. The minimum atomic E-state index is -0.499.